The Balaban J connectivity index is 1.28. The highest BCUT2D eigenvalue weighted by atomic mass is 16.4. The molecule has 1 atom stereocenters. The molecule has 8 nitrogen and oxygen atoms in total. The van der Waals surface area contributed by atoms with E-state index in [0.717, 1.165) is 37.3 Å². The number of nitrogens with zero attached hydrogens (tertiary/aromatic N) is 5. The number of benzene rings is 1. The average molecular weight is 378 g/mol. The third-order valence-corrected chi connectivity index (χ3v) is 5.75. The molecule has 0 bridgehead atoms. The summed E-state index contributed by atoms with van der Waals surface area (Å²) in [5.41, 5.74) is 2.39. The van der Waals surface area contributed by atoms with Crippen molar-refractivity contribution in [2.45, 2.75) is 19.4 Å². The number of hydrogen-bond donors (Lipinski definition) is 1. The summed E-state index contributed by atoms with van der Waals surface area (Å²) in [6, 6.07) is 11.7. The normalized spacial score (nSPS) is 21.2. The fourth-order valence-corrected chi connectivity index (χ4v) is 4.44. The van der Waals surface area contributed by atoms with Gasteiger partial charge < -0.3 is 9.32 Å². The Morgan fingerprint density at radius 1 is 1.21 bits per heavy atom. The molecule has 1 amide bonds. The van der Waals surface area contributed by atoms with E-state index in [-0.39, 0.29) is 17.4 Å². The van der Waals surface area contributed by atoms with Crippen LogP contribution in [0.15, 0.2) is 40.8 Å². The molecule has 2 aliphatic heterocycles. The van der Waals surface area contributed by atoms with E-state index < -0.39 is 0 Å². The van der Waals surface area contributed by atoms with Gasteiger partial charge in [0.25, 0.3) is 5.91 Å². The summed E-state index contributed by atoms with van der Waals surface area (Å²) in [6.45, 7) is 4.27. The average Bonchev–Trinajstić information content (AvgIpc) is 3.39. The van der Waals surface area contributed by atoms with Crippen molar-refractivity contribution in [2.24, 2.45) is 5.41 Å². The summed E-state index contributed by atoms with van der Waals surface area (Å²) in [5, 5.41) is 15.4. The van der Waals surface area contributed by atoms with Crippen LogP contribution in [0.5, 0.6) is 0 Å². The lowest BCUT2D eigenvalue weighted by Crippen LogP contribution is -2.59. The molecule has 0 aliphatic carbocycles. The molecular formula is C20H22N6O2. The number of H-pyrrole nitrogens is 1. The van der Waals surface area contributed by atoms with Gasteiger partial charge in [-0.25, -0.2) is 0 Å². The van der Waals surface area contributed by atoms with Gasteiger partial charge in [-0.3, -0.25) is 14.8 Å². The molecule has 0 radical (unpaired) electrons. The second-order valence-electron chi connectivity index (χ2n) is 8.04. The first-order valence-corrected chi connectivity index (χ1v) is 9.43. The standard InChI is InChI=1S/C20H22N6O2/c1-13-8-15(22-21-13)19(27)26-11-20(12-26)9-16(25(2)10-20)18-24-23-17(28-18)14-6-4-3-5-7-14/h3-8,16H,9-12H2,1-2H3,(H,21,22). The minimum absolute atomic E-state index is 0.00904. The number of carbonyl (C=O) groups is 1. The summed E-state index contributed by atoms with van der Waals surface area (Å²) >= 11 is 0. The van der Waals surface area contributed by atoms with Gasteiger partial charge in [-0.2, -0.15) is 5.10 Å². The number of rotatable bonds is 3. The Morgan fingerprint density at radius 3 is 2.71 bits per heavy atom. The van der Waals surface area contributed by atoms with Gasteiger partial charge in [-0.15, -0.1) is 10.2 Å². The first-order valence-electron chi connectivity index (χ1n) is 9.43. The van der Waals surface area contributed by atoms with Crippen LogP contribution in [-0.4, -0.2) is 62.8 Å². The van der Waals surface area contributed by atoms with Gasteiger partial charge >= 0.3 is 0 Å². The number of likely N-dealkylation sites (tertiary alicyclic amines) is 2. The molecule has 3 aromatic rings. The maximum atomic E-state index is 12.6. The van der Waals surface area contributed by atoms with E-state index in [1.807, 2.05) is 42.2 Å². The highest BCUT2D eigenvalue weighted by Crippen LogP contribution is 2.47. The van der Waals surface area contributed by atoms with Crippen LogP contribution >= 0.6 is 0 Å². The van der Waals surface area contributed by atoms with Crippen molar-refractivity contribution < 1.29 is 9.21 Å². The van der Waals surface area contributed by atoms with Gasteiger partial charge in [-0.05, 0) is 38.6 Å². The second-order valence-corrected chi connectivity index (χ2v) is 8.04. The molecule has 2 fully saturated rings. The van der Waals surface area contributed by atoms with E-state index >= 15 is 0 Å². The zero-order valence-electron chi connectivity index (χ0n) is 15.9. The van der Waals surface area contributed by atoms with Crippen molar-refractivity contribution in [3.63, 3.8) is 0 Å². The van der Waals surface area contributed by atoms with E-state index in [1.165, 1.54) is 0 Å². The predicted molar refractivity (Wildman–Crippen MR) is 101 cm³/mol. The molecule has 28 heavy (non-hydrogen) atoms. The van der Waals surface area contributed by atoms with Crippen molar-refractivity contribution in [3.05, 3.63) is 53.7 Å². The maximum Gasteiger partial charge on any atom is 0.274 e. The molecule has 1 unspecified atom stereocenters. The molecular weight excluding hydrogens is 356 g/mol. The molecule has 1 spiro atoms. The van der Waals surface area contributed by atoms with Gasteiger partial charge in [0.1, 0.15) is 5.69 Å². The number of hydrogen-bond acceptors (Lipinski definition) is 6. The maximum absolute atomic E-state index is 12.6. The van der Waals surface area contributed by atoms with Crippen molar-refractivity contribution >= 4 is 5.91 Å². The van der Waals surface area contributed by atoms with Crippen LogP contribution in [0, 0.1) is 12.3 Å². The molecule has 2 aromatic heterocycles. The summed E-state index contributed by atoms with van der Waals surface area (Å²) in [6.07, 6.45) is 0.906. The van der Waals surface area contributed by atoms with Crippen LogP contribution in [-0.2, 0) is 0 Å². The van der Waals surface area contributed by atoms with Crippen LogP contribution in [0.4, 0.5) is 0 Å². The number of aromatic nitrogens is 4. The van der Waals surface area contributed by atoms with Crippen LogP contribution in [0.3, 0.4) is 0 Å². The molecule has 4 heterocycles. The van der Waals surface area contributed by atoms with Crippen LogP contribution in [0.25, 0.3) is 11.5 Å². The molecule has 5 rings (SSSR count). The monoisotopic (exact) mass is 378 g/mol. The van der Waals surface area contributed by atoms with E-state index in [0.29, 0.717) is 17.5 Å². The molecule has 2 aliphatic rings. The summed E-state index contributed by atoms with van der Waals surface area (Å²) in [7, 11) is 2.08. The minimum atomic E-state index is -0.00904. The van der Waals surface area contributed by atoms with Gasteiger partial charge in [-0.1, -0.05) is 18.2 Å². The predicted octanol–water partition coefficient (Wildman–Crippen LogP) is 2.29. The molecule has 0 saturated carbocycles. The van der Waals surface area contributed by atoms with E-state index in [1.54, 1.807) is 6.07 Å². The number of nitrogens with one attached hydrogen (secondary N) is 1. The van der Waals surface area contributed by atoms with Crippen LogP contribution in [0.2, 0.25) is 0 Å². The summed E-state index contributed by atoms with van der Waals surface area (Å²) in [4.78, 5) is 16.7. The highest BCUT2D eigenvalue weighted by molar-refractivity contribution is 5.93. The zero-order valence-corrected chi connectivity index (χ0v) is 15.9. The number of carbonyl (C=O) groups excluding carboxylic acids is 1. The Kier molecular flexibility index (Phi) is 3.83. The van der Waals surface area contributed by atoms with Crippen molar-refractivity contribution in [1.29, 1.82) is 0 Å². The number of amides is 1. The molecule has 1 aromatic carbocycles. The fourth-order valence-electron chi connectivity index (χ4n) is 4.44. The Hall–Kier alpha value is -3.00. The lowest BCUT2D eigenvalue weighted by atomic mass is 9.77. The zero-order chi connectivity index (χ0) is 19.3. The quantitative estimate of drug-likeness (QED) is 0.752. The van der Waals surface area contributed by atoms with E-state index in [2.05, 4.69) is 32.3 Å². The van der Waals surface area contributed by atoms with Crippen molar-refractivity contribution in [3.8, 4) is 11.5 Å². The van der Waals surface area contributed by atoms with Gasteiger partial charge in [0.05, 0.1) is 6.04 Å². The van der Waals surface area contributed by atoms with Crippen LogP contribution < -0.4 is 0 Å². The van der Waals surface area contributed by atoms with E-state index in [9.17, 15) is 4.79 Å². The van der Waals surface area contributed by atoms with Crippen molar-refractivity contribution in [2.75, 3.05) is 26.7 Å². The first kappa shape index (κ1) is 17.1. The van der Waals surface area contributed by atoms with E-state index in [4.69, 9.17) is 4.42 Å². The molecule has 144 valence electrons. The first-order chi connectivity index (χ1) is 13.5. The Labute approximate surface area is 162 Å². The topological polar surface area (TPSA) is 91.2 Å². The van der Waals surface area contributed by atoms with Gasteiger partial charge in [0, 0.05) is 36.3 Å². The second kappa shape index (κ2) is 6.27. The van der Waals surface area contributed by atoms with Crippen LogP contribution in [0.1, 0.15) is 34.5 Å². The lowest BCUT2D eigenvalue weighted by molar-refractivity contribution is 0.0110. The van der Waals surface area contributed by atoms with Gasteiger partial charge in [0.2, 0.25) is 11.8 Å². The largest absolute Gasteiger partial charge is 0.419 e. The summed E-state index contributed by atoms with van der Waals surface area (Å²) < 4.78 is 5.97. The van der Waals surface area contributed by atoms with Gasteiger partial charge in [0.15, 0.2) is 0 Å². The number of aryl methyl sites for hydroxylation is 1. The smallest absolute Gasteiger partial charge is 0.274 e. The minimum Gasteiger partial charge on any atom is -0.419 e. The molecule has 1 N–H and O–H groups in total. The third kappa shape index (κ3) is 2.80. The number of aromatic amines is 1. The SMILES string of the molecule is Cc1cc(C(=O)N2CC3(CC(c4nnc(-c5ccccc5)o4)N(C)C3)C2)n[nH]1. The fraction of sp³-hybridized carbons (Fsp3) is 0.400. The molecule has 8 heteroatoms. The Morgan fingerprint density at radius 2 is 2.00 bits per heavy atom. The Bertz CT molecular complexity index is 1000. The third-order valence-electron chi connectivity index (χ3n) is 5.75. The highest BCUT2D eigenvalue weighted by Gasteiger charge is 2.53. The molecule has 2 saturated heterocycles. The van der Waals surface area contributed by atoms with Crippen molar-refractivity contribution in [1.82, 2.24) is 30.2 Å². The lowest BCUT2D eigenvalue weighted by Gasteiger charge is -2.47. The summed E-state index contributed by atoms with van der Waals surface area (Å²) in [5.74, 6) is 1.18.